The molecule has 0 radical (unpaired) electrons. The number of rotatable bonds is 6. The lowest BCUT2D eigenvalue weighted by Crippen LogP contribution is -2.42. The molecule has 1 aliphatic heterocycles. The number of carbonyl (C=O) groups is 2. The standard InChI is InChI=1S/C19H19NO4/c21-18(22)17-16(12-11-14-7-3-1-4-8-14)24-19(23)20(17)13-15-9-5-2-6-10-15/h1-10,16-17H,11-13H2,(H,21,22). The predicted molar refractivity (Wildman–Crippen MR) is 88.4 cm³/mol. The van der Waals surface area contributed by atoms with Crippen molar-refractivity contribution >= 4 is 12.1 Å². The Morgan fingerprint density at radius 3 is 2.17 bits per heavy atom. The smallest absolute Gasteiger partial charge is 0.411 e. The number of carbonyl (C=O) groups excluding carboxylic acids is 1. The number of aryl methyl sites for hydroxylation is 1. The van der Waals surface area contributed by atoms with Gasteiger partial charge in [-0.3, -0.25) is 4.90 Å². The number of aliphatic carboxylic acids is 1. The van der Waals surface area contributed by atoms with Crippen LogP contribution in [0.4, 0.5) is 4.79 Å². The van der Waals surface area contributed by atoms with Crippen LogP contribution in [0, 0.1) is 0 Å². The third-order valence-corrected chi connectivity index (χ3v) is 4.18. The highest BCUT2D eigenvalue weighted by atomic mass is 16.6. The second kappa shape index (κ2) is 7.17. The van der Waals surface area contributed by atoms with E-state index in [1.807, 2.05) is 60.7 Å². The Kier molecular flexibility index (Phi) is 4.79. The van der Waals surface area contributed by atoms with E-state index >= 15 is 0 Å². The summed E-state index contributed by atoms with van der Waals surface area (Å²) in [5.74, 6) is -1.03. The Hall–Kier alpha value is -2.82. The minimum atomic E-state index is -1.03. The van der Waals surface area contributed by atoms with Crippen molar-refractivity contribution in [2.75, 3.05) is 0 Å². The Bertz CT molecular complexity index is 702. The minimum absolute atomic E-state index is 0.235. The van der Waals surface area contributed by atoms with Gasteiger partial charge >= 0.3 is 12.1 Å². The van der Waals surface area contributed by atoms with Gasteiger partial charge < -0.3 is 9.84 Å². The lowest BCUT2D eigenvalue weighted by atomic mass is 10.0. The van der Waals surface area contributed by atoms with E-state index in [0.29, 0.717) is 12.8 Å². The Balaban J connectivity index is 1.71. The monoisotopic (exact) mass is 325 g/mol. The summed E-state index contributed by atoms with van der Waals surface area (Å²) in [6, 6.07) is 18.1. The molecule has 2 unspecified atom stereocenters. The van der Waals surface area contributed by atoms with Crippen LogP contribution in [-0.4, -0.2) is 34.2 Å². The molecule has 0 aliphatic carbocycles. The first kappa shape index (κ1) is 16.1. The number of cyclic esters (lactones) is 1. The molecule has 0 aromatic heterocycles. The number of ether oxygens (including phenoxy) is 1. The SMILES string of the molecule is O=C(O)C1C(CCc2ccccc2)OC(=O)N1Cc1ccccc1. The van der Waals surface area contributed by atoms with Crippen LogP contribution in [0.2, 0.25) is 0 Å². The molecule has 124 valence electrons. The van der Waals surface area contributed by atoms with Crippen LogP contribution < -0.4 is 0 Å². The predicted octanol–water partition coefficient (Wildman–Crippen LogP) is 3.09. The van der Waals surface area contributed by atoms with Crippen molar-refractivity contribution in [2.24, 2.45) is 0 Å². The molecule has 3 rings (SSSR count). The molecule has 5 nitrogen and oxygen atoms in total. The number of amides is 1. The zero-order valence-electron chi connectivity index (χ0n) is 13.2. The van der Waals surface area contributed by atoms with Crippen LogP contribution >= 0.6 is 0 Å². The van der Waals surface area contributed by atoms with Gasteiger partial charge in [-0.1, -0.05) is 60.7 Å². The van der Waals surface area contributed by atoms with Gasteiger partial charge in [0, 0.05) is 0 Å². The van der Waals surface area contributed by atoms with Gasteiger partial charge in [0.05, 0.1) is 6.54 Å². The first-order chi connectivity index (χ1) is 11.6. The highest BCUT2D eigenvalue weighted by Gasteiger charge is 2.45. The fourth-order valence-electron chi connectivity index (χ4n) is 2.98. The average Bonchev–Trinajstić information content (AvgIpc) is 2.91. The number of carboxylic acid groups (broad SMARTS) is 1. The summed E-state index contributed by atoms with van der Waals surface area (Å²) >= 11 is 0. The molecule has 2 atom stereocenters. The summed E-state index contributed by atoms with van der Waals surface area (Å²) < 4.78 is 5.35. The fraction of sp³-hybridized carbons (Fsp3) is 0.263. The summed E-state index contributed by atoms with van der Waals surface area (Å²) in [7, 11) is 0. The van der Waals surface area contributed by atoms with Gasteiger partial charge in [0.15, 0.2) is 6.04 Å². The van der Waals surface area contributed by atoms with Gasteiger partial charge in [0.2, 0.25) is 0 Å². The highest BCUT2D eigenvalue weighted by molar-refractivity contribution is 5.83. The number of carboxylic acids is 1. The van der Waals surface area contributed by atoms with E-state index in [1.54, 1.807) is 0 Å². The van der Waals surface area contributed by atoms with E-state index < -0.39 is 24.2 Å². The molecular weight excluding hydrogens is 306 g/mol. The molecule has 1 N–H and O–H groups in total. The van der Waals surface area contributed by atoms with Crippen molar-refractivity contribution in [3.05, 3.63) is 71.8 Å². The lowest BCUT2D eigenvalue weighted by molar-refractivity contribution is -0.143. The summed E-state index contributed by atoms with van der Waals surface area (Å²) in [4.78, 5) is 25.2. The normalized spacial score (nSPS) is 20.0. The second-order valence-corrected chi connectivity index (χ2v) is 5.84. The van der Waals surface area contributed by atoms with Crippen molar-refractivity contribution in [3.63, 3.8) is 0 Å². The van der Waals surface area contributed by atoms with E-state index in [1.165, 1.54) is 4.90 Å². The lowest BCUT2D eigenvalue weighted by Gasteiger charge is -2.21. The third kappa shape index (κ3) is 3.56. The van der Waals surface area contributed by atoms with Gasteiger partial charge in [0.1, 0.15) is 6.10 Å². The number of hydrogen-bond donors (Lipinski definition) is 1. The van der Waals surface area contributed by atoms with Crippen molar-refractivity contribution in [3.8, 4) is 0 Å². The molecule has 1 aliphatic rings. The van der Waals surface area contributed by atoms with Crippen molar-refractivity contribution in [2.45, 2.75) is 31.5 Å². The maximum atomic E-state index is 12.2. The van der Waals surface area contributed by atoms with Crippen LogP contribution in [0.5, 0.6) is 0 Å². The average molecular weight is 325 g/mol. The summed E-state index contributed by atoms with van der Waals surface area (Å²) in [5.41, 5.74) is 1.98. The molecule has 5 heteroatoms. The highest BCUT2D eigenvalue weighted by Crippen LogP contribution is 2.25. The molecule has 2 aromatic carbocycles. The topological polar surface area (TPSA) is 66.8 Å². The molecular formula is C19H19NO4. The van der Waals surface area contributed by atoms with Crippen LogP contribution in [-0.2, 0) is 22.5 Å². The largest absolute Gasteiger partial charge is 0.480 e. The second-order valence-electron chi connectivity index (χ2n) is 5.84. The number of benzene rings is 2. The first-order valence-corrected chi connectivity index (χ1v) is 7.93. The maximum Gasteiger partial charge on any atom is 0.411 e. The van der Waals surface area contributed by atoms with Gasteiger partial charge in [-0.05, 0) is 24.0 Å². The Morgan fingerprint density at radius 2 is 1.58 bits per heavy atom. The minimum Gasteiger partial charge on any atom is -0.480 e. The summed E-state index contributed by atoms with van der Waals surface area (Å²) in [5, 5.41) is 9.57. The Labute approximate surface area is 140 Å². The zero-order valence-corrected chi connectivity index (χ0v) is 13.2. The molecule has 1 heterocycles. The van der Waals surface area contributed by atoms with Gasteiger partial charge in [-0.15, -0.1) is 0 Å². The number of nitrogens with zero attached hydrogens (tertiary/aromatic N) is 1. The summed E-state index contributed by atoms with van der Waals surface area (Å²) in [6.45, 7) is 0.235. The quantitative estimate of drug-likeness (QED) is 0.886. The van der Waals surface area contributed by atoms with Crippen LogP contribution in [0.15, 0.2) is 60.7 Å². The first-order valence-electron chi connectivity index (χ1n) is 7.93. The van der Waals surface area contributed by atoms with Crippen molar-refractivity contribution < 1.29 is 19.4 Å². The van der Waals surface area contributed by atoms with Crippen LogP contribution in [0.25, 0.3) is 0 Å². The van der Waals surface area contributed by atoms with E-state index in [2.05, 4.69) is 0 Å². The van der Waals surface area contributed by atoms with Crippen molar-refractivity contribution in [1.82, 2.24) is 4.90 Å². The molecule has 1 amide bonds. The maximum absolute atomic E-state index is 12.2. The third-order valence-electron chi connectivity index (χ3n) is 4.18. The number of hydrogen-bond acceptors (Lipinski definition) is 3. The van der Waals surface area contributed by atoms with Crippen LogP contribution in [0.1, 0.15) is 17.5 Å². The van der Waals surface area contributed by atoms with E-state index in [9.17, 15) is 14.7 Å². The van der Waals surface area contributed by atoms with E-state index in [0.717, 1.165) is 11.1 Å². The molecule has 0 spiro atoms. The molecule has 0 saturated carbocycles. The van der Waals surface area contributed by atoms with Crippen LogP contribution in [0.3, 0.4) is 0 Å². The van der Waals surface area contributed by atoms with Gasteiger partial charge in [0.25, 0.3) is 0 Å². The molecule has 1 fully saturated rings. The van der Waals surface area contributed by atoms with Gasteiger partial charge in [-0.2, -0.15) is 0 Å². The molecule has 2 aromatic rings. The summed E-state index contributed by atoms with van der Waals surface area (Å²) in [6.07, 6.45) is -0.0528. The van der Waals surface area contributed by atoms with Crippen molar-refractivity contribution in [1.29, 1.82) is 0 Å². The van der Waals surface area contributed by atoms with E-state index in [4.69, 9.17) is 4.74 Å². The molecule has 24 heavy (non-hydrogen) atoms. The van der Waals surface area contributed by atoms with Gasteiger partial charge in [-0.25, -0.2) is 9.59 Å². The molecule has 0 bridgehead atoms. The molecule has 1 saturated heterocycles. The fourth-order valence-corrected chi connectivity index (χ4v) is 2.98. The van der Waals surface area contributed by atoms with E-state index in [-0.39, 0.29) is 6.54 Å². The Morgan fingerprint density at radius 1 is 1.00 bits per heavy atom. The zero-order chi connectivity index (χ0) is 16.9.